The average molecular weight is 409 g/mol. The molecule has 0 aliphatic carbocycles. The largest absolute Gasteiger partial charge is 0.394 e. The summed E-state index contributed by atoms with van der Waals surface area (Å²) in [5, 5.41) is 62.8. The number of carbonyl (C=O) groups is 1. The van der Waals surface area contributed by atoms with Gasteiger partial charge < -0.3 is 45.4 Å². The number of amides is 1. The summed E-state index contributed by atoms with van der Waals surface area (Å²) in [6.07, 6.45) is -11.0. The maximum Gasteiger partial charge on any atom is 0.217 e. The third-order valence-corrected chi connectivity index (χ3v) is 4.64. The van der Waals surface area contributed by atoms with E-state index in [2.05, 4.69) is 5.32 Å². The van der Waals surface area contributed by atoms with Crippen molar-refractivity contribution in [3.8, 4) is 0 Å². The molecule has 10 heteroatoms. The first-order valence-corrected chi connectivity index (χ1v) is 9.37. The zero-order valence-corrected chi connectivity index (χ0v) is 17.0. The smallest absolute Gasteiger partial charge is 0.217 e. The van der Waals surface area contributed by atoms with Gasteiger partial charge in [-0.15, -0.1) is 0 Å². The Morgan fingerprint density at radius 2 is 1.71 bits per heavy atom. The van der Waals surface area contributed by atoms with Crippen molar-refractivity contribution in [2.75, 3.05) is 6.61 Å². The first-order valence-electron chi connectivity index (χ1n) is 9.37. The molecule has 0 aromatic carbocycles. The van der Waals surface area contributed by atoms with Crippen molar-refractivity contribution < 1.29 is 44.9 Å². The molecule has 7 N–H and O–H groups in total. The summed E-state index contributed by atoms with van der Waals surface area (Å²) in [5.41, 5.74) is -0.293. The highest BCUT2D eigenvalue weighted by atomic mass is 16.7. The molecule has 1 heterocycles. The van der Waals surface area contributed by atoms with Crippen LogP contribution in [-0.4, -0.2) is 98.2 Å². The Labute approximate surface area is 165 Å². The van der Waals surface area contributed by atoms with E-state index in [1.165, 1.54) is 13.8 Å². The maximum absolute atomic E-state index is 11.6. The van der Waals surface area contributed by atoms with Crippen LogP contribution < -0.4 is 5.32 Å². The highest BCUT2D eigenvalue weighted by molar-refractivity contribution is 5.73. The van der Waals surface area contributed by atoms with Gasteiger partial charge >= 0.3 is 0 Å². The minimum atomic E-state index is -1.64. The van der Waals surface area contributed by atoms with Gasteiger partial charge in [0.15, 0.2) is 6.29 Å². The zero-order valence-electron chi connectivity index (χ0n) is 17.0. The second kappa shape index (κ2) is 10.3. The van der Waals surface area contributed by atoms with Gasteiger partial charge in [0.1, 0.15) is 36.6 Å². The molecule has 1 saturated heterocycles. The van der Waals surface area contributed by atoms with Crippen molar-refractivity contribution in [3.05, 3.63) is 0 Å². The number of hydrogen-bond acceptors (Lipinski definition) is 9. The Morgan fingerprint density at radius 3 is 2.18 bits per heavy atom. The number of hydrogen-bond donors (Lipinski definition) is 7. The van der Waals surface area contributed by atoms with Crippen LogP contribution in [0.5, 0.6) is 0 Å². The molecule has 1 fully saturated rings. The van der Waals surface area contributed by atoms with Crippen molar-refractivity contribution in [3.63, 3.8) is 0 Å². The molecule has 0 bridgehead atoms. The molecule has 1 amide bonds. The van der Waals surface area contributed by atoms with Crippen LogP contribution in [0.15, 0.2) is 0 Å². The molecular weight excluding hydrogens is 374 g/mol. The van der Waals surface area contributed by atoms with E-state index < -0.39 is 67.6 Å². The van der Waals surface area contributed by atoms with Gasteiger partial charge in [-0.1, -0.05) is 20.8 Å². The van der Waals surface area contributed by atoms with Crippen LogP contribution in [0.25, 0.3) is 0 Å². The number of ether oxygens (including phenoxy) is 2. The molecule has 0 radical (unpaired) electrons. The molecule has 28 heavy (non-hydrogen) atoms. The lowest BCUT2D eigenvalue weighted by molar-refractivity contribution is -0.319. The average Bonchev–Trinajstić information content (AvgIpc) is 2.58. The second-order valence-corrected chi connectivity index (χ2v) is 8.59. The summed E-state index contributed by atoms with van der Waals surface area (Å²) in [6.45, 7) is 7.70. The summed E-state index contributed by atoms with van der Waals surface area (Å²) in [7, 11) is 0. The monoisotopic (exact) mass is 409 g/mol. The van der Waals surface area contributed by atoms with Crippen LogP contribution in [0.4, 0.5) is 0 Å². The van der Waals surface area contributed by atoms with Crippen LogP contribution in [0, 0.1) is 5.41 Å². The predicted molar refractivity (Wildman–Crippen MR) is 98.0 cm³/mol. The van der Waals surface area contributed by atoms with Gasteiger partial charge in [-0.05, 0) is 18.8 Å². The van der Waals surface area contributed by atoms with Crippen LogP contribution >= 0.6 is 0 Å². The Morgan fingerprint density at radius 1 is 1.14 bits per heavy atom. The number of nitrogens with one attached hydrogen (secondary N) is 1. The SMILES string of the molecule is CC(=O)N[C@@H](CC(C)(C)C)[C@@H](O)[C@H](O[C@@H]1O[C@@H](C)[C@@H](O)[C@@H](O)[C@@H]1O)[C@H](O)CO. The molecule has 1 rings (SSSR count). The van der Waals surface area contributed by atoms with Crippen LogP contribution in [0.2, 0.25) is 0 Å². The van der Waals surface area contributed by atoms with E-state index in [0.717, 1.165) is 0 Å². The lowest BCUT2D eigenvalue weighted by Gasteiger charge is -2.42. The topological polar surface area (TPSA) is 169 Å². The normalized spacial score (nSPS) is 33.0. The lowest BCUT2D eigenvalue weighted by Crippen LogP contribution is -2.61. The van der Waals surface area contributed by atoms with Gasteiger partial charge in [0.2, 0.25) is 5.91 Å². The molecule has 10 nitrogen and oxygen atoms in total. The van der Waals surface area contributed by atoms with E-state index in [1.54, 1.807) is 0 Å². The fraction of sp³-hybridized carbons (Fsp3) is 0.944. The molecule has 166 valence electrons. The van der Waals surface area contributed by atoms with Crippen LogP contribution in [0.3, 0.4) is 0 Å². The predicted octanol–water partition coefficient (Wildman–Crippen LogP) is -2.15. The molecule has 0 aromatic rings. The van der Waals surface area contributed by atoms with Crippen LogP contribution in [-0.2, 0) is 14.3 Å². The second-order valence-electron chi connectivity index (χ2n) is 8.59. The summed E-state index contributed by atoms with van der Waals surface area (Å²) >= 11 is 0. The summed E-state index contributed by atoms with van der Waals surface area (Å²) in [5.74, 6) is -0.397. The molecule has 1 aliphatic heterocycles. The third-order valence-electron chi connectivity index (χ3n) is 4.64. The fourth-order valence-electron chi connectivity index (χ4n) is 3.19. The van der Waals surface area contributed by atoms with Gasteiger partial charge in [-0.3, -0.25) is 4.79 Å². The van der Waals surface area contributed by atoms with E-state index >= 15 is 0 Å². The van der Waals surface area contributed by atoms with Crippen molar-refractivity contribution in [1.29, 1.82) is 0 Å². The highest BCUT2D eigenvalue weighted by Gasteiger charge is 2.46. The zero-order chi connectivity index (χ0) is 21.8. The first kappa shape index (κ1) is 25.2. The van der Waals surface area contributed by atoms with E-state index in [0.29, 0.717) is 6.42 Å². The number of aliphatic hydroxyl groups is 6. The van der Waals surface area contributed by atoms with Gasteiger partial charge in [0.05, 0.1) is 18.8 Å². The molecule has 0 aromatic heterocycles. The quantitative estimate of drug-likeness (QED) is 0.236. The third kappa shape index (κ3) is 6.89. The Bertz CT molecular complexity index is 498. The van der Waals surface area contributed by atoms with Crippen molar-refractivity contribution in [2.24, 2.45) is 5.41 Å². The van der Waals surface area contributed by atoms with Gasteiger partial charge in [-0.25, -0.2) is 0 Å². The molecule has 0 unspecified atom stereocenters. The van der Waals surface area contributed by atoms with E-state index in [9.17, 15) is 35.4 Å². The number of carbonyl (C=O) groups excluding carboxylic acids is 1. The Balaban J connectivity index is 3.06. The molecular formula is C18H35NO9. The summed E-state index contributed by atoms with van der Waals surface area (Å²) in [4.78, 5) is 11.6. The van der Waals surface area contributed by atoms with E-state index in [4.69, 9.17) is 9.47 Å². The van der Waals surface area contributed by atoms with Gasteiger partial charge in [0, 0.05) is 6.92 Å². The summed E-state index contributed by atoms with van der Waals surface area (Å²) in [6, 6.07) is -0.822. The van der Waals surface area contributed by atoms with Crippen LogP contribution in [0.1, 0.15) is 41.0 Å². The molecule has 1 aliphatic rings. The molecule has 9 atom stereocenters. The number of rotatable bonds is 8. The summed E-state index contributed by atoms with van der Waals surface area (Å²) < 4.78 is 10.9. The maximum atomic E-state index is 11.6. The fourth-order valence-corrected chi connectivity index (χ4v) is 3.19. The molecule has 0 saturated carbocycles. The minimum absolute atomic E-state index is 0.293. The van der Waals surface area contributed by atoms with Crippen molar-refractivity contribution in [1.82, 2.24) is 5.32 Å². The molecule has 0 spiro atoms. The van der Waals surface area contributed by atoms with Crippen molar-refractivity contribution in [2.45, 2.75) is 96.1 Å². The highest BCUT2D eigenvalue weighted by Crippen LogP contribution is 2.28. The Kier molecular flexibility index (Phi) is 9.23. The minimum Gasteiger partial charge on any atom is -0.394 e. The van der Waals surface area contributed by atoms with E-state index in [1.807, 2.05) is 20.8 Å². The Hall–Kier alpha value is -0.850. The van der Waals surface area contributed by atoms with Crippen molar-refractivity contribution >= 4 is 5.91 Å². The standard InChI is InChI=1S/C18H35NO9/c1-8-12(23)14(25)15(26)17(27-8)28-16(11(22)7-20)13(24)10(19-9(2)21)6-18(3,4)5/h8,10-17,20,22-26H,6-7H2,1-5H3,(H,19,21)/t8-,10-,11+,12+,13+,14+,15-,16+,17-/m0/s1. The number of aliphatic hydroxyl groups excluding tert-OH is 6. The first-order chi connectivity index (χ1) is 12.8. The van der Waals surface area contributed by atoms with Gasteiger partial charge in [-0.2, -0.15) is 0 Å². The van der Waals surface area contributed by atoms with E-state index in [-0.39, 0.29) is 5.41 Å². The van der Waals surface area contributed by atoms with Gasteiger partial charge in [0.25, 0.3) is 0 Å². The lowest BCUT2D eigenvalue weighted by atomic mass is 9.84.